The van der Waals surface area contributed by atoms with Gasteiger partial charge in [0, 0.05) is 0 Å². The van der Waals surface area contributed by atoms with Crippen molar-refractivity contribution < 1.29 is 19.4 Å². The van der Waals surface area contributed by atoms with Gasteiger partial charge in [0.25, 0.3) is 5.91 Å². The molecule has 0 saturated heterocycles. The minimum Gasteiger partial charge on any atom is -0.548 e. The van der Waals surface area contributed by atoms with Gasteiger partial charge in [-0.05, 0) is 55.5 Å². The molecule has 1 N–H and O–H groups in total. The zero-order valence-electron chi connectivity index (χ0n) is 12.5. The van der Waals surface area contributed by atoms with E-state index < -0.39 is 17.9 Å². The minimum absolute atomic E-state index is 0.217. The Hall–Kier alpha value is -1.69. The molecule has 0 fully saturated rings. The predicted molar refractivity (Wildman–Crippen MR) is 81.3 cm³/mol. The molecule has 0 aliphatic heterocycles. The van der Waals surface area contributed by atoms with Crippen molar-refractivity contribution in [1.29, 1.82) is 0 Å². The van der Waals surface area contributed by atoms with Gasteiger partial charge in [0.1, 0.15) is 5.75 Å². The summed E-state index contributed by atoms with van der Waals surface area (Å²) in [5.41, 5.74) is 2.21. The molecular formula is C15H20NO4S-. The summed E-state index contributed by atoms with van der Waals surface area (Å²) < 4.78 is 5.36. The van der Waals surface area contributed by atoms with Gasteiger partial charge < -0.3 is 20.0 Å². The molecule has 21 heavy (non-hydrogen) atoms. The number of ether oxygens (including phenoxy) is 1. The third kappa shape index (κ3) is 6.08. The molecule has 1 rings (SSSR count). The van der Waals surface area contributed by atoms with Gasteiger partial charge in [-0.2, -0.15) is 11.8 Å². The van der Waals surface area contributed by atoms with Crippen LogP contribution in [0.5, 0.6) is 5.75 Å². The fraction of sp³-hybridized carbons (Fsp3) is 0.467. The first-order chi connectivity index (χ1) is 9.93. The first-order valence-corrected chi connectivity index (χ1v) is 8.02. The van der Waals surface area contributed by atoms with E-state index in [2.05, 4.69) is 5.32 Å². The number of carboxylic acid groups (broad SMARTS) is 1. The van der Waals surface area contributed by atoms with E-state index in [0.717, 1.165) is 11.1 Å². The maximum absolute atomic E-state index is 11.7. The van der Waals surface area contributed by atoms with Crippen molar-refractivity contribution in [2.45, 2.75) is 26.3 Å². The molecule has 0 spiro atoms. The Labute approximate surface area is 129 Å². The molecule has 5 nitrogen and oxygen atoms in total. The molecule has 0 aromatic heterocycles. The number of carbonyl (C=O) groups excluding carboxylic acids is 2. The van der Waals surface area contributed by atoms with Crippen LogP contribution < -0.4 is 15.2 Å². The van der Waals surface area contributed by atoms with Crippen molar-refractivity contribution in [2.75, 3.05) is 18.6 Å². The van der Waals surface area contributed by atoms with Gasteiger partial charge in [-0.1, -0.05) is 6.07 Å². The van der Waals surface area contributed by atoms with Gasteiger partial charge in [0.05, 0.1) is 12.0 Å². The Morgan fingerprint density at radius 2 is 2.05 bits per heavy atom. The Morgan fingerprint density at radius 3 is 2.62 bits per heavy atom. The smallest absolute Gasteiger partial charge is 0.258 e. The van der Waals surface area contributed by atoms with Crippen LogP contribution in [-0.2, 0) is 9.59 Å². The molecule has 1 aromatic rings. The molecule has 0 aliphatic carbocycles. The number of hydrogen-bond acceptors (Lipinski definition) is 5. The maximum Gasteiger partial charge on any atom is 0.258 e. The highest BCUT2D eigenvalue weighted by atomic mass is 32.2. The van der Waals surface area contributed by atoms with E-state index in [1.807, 2.05) is 32.2 Å². The van der Waals surface area contributed by atoms with Crippen molar-refractivity contribution in [3.8, 4) is 5.75 Å². The second kappa shape index (κ2) is 8.56. The van der Waals surface area contributed by atoms with Crippen LogP contribution in [0.2, 0.25) is 0 Å². The highest BCUT2D eigenvalue weighted by Gasteiger charge is 2.13. The van der Waals surface area contributed by atoms with E-state index >= 15 is 0 Å². The number of aryl methyl sites for hydroxylation is 2. The minimum atomic E-state index is -1.27. The van der Waals surface area contributed by atoms with E-state index in [1.165, 1.54) is 11.8 Å². The van der Waals surface area contributed by atoms with E-state index in [9.17, 15) is 14.7 Å². The second-order valence-electron chi connectivity index (χ2n) is 4.76. The summed E-state index contributed by atoms with van der Waals surface area (Å²) in [6.07, 6.45) is 2.20. The third-order valence-electron chi connectivity index (χ3n) is 3.08. The zero-order valence-corrected chi connectivity index (χ0v) is 13.3. The maximum atomic E-state index is 11.7. The number of carbonyl (C=O) groups is 2. The molecule has 116 valence electrons. The zero-order chi connectivity index (χ0) is 15.8. The van der Waals surface area contributed by atoms with Crippen molar-refractivity contribution >= 4 is 23.6 Å². The summed E-state index contributed by atoms with van der Waals surface area (Å²) >= 11 is 1.51. The SMILES string of the molecule is CSCC[C@@H](NC(=O)COc1ccc(C)c(C)c1)C(=O)[O-]. The Balaban J connectivity index is 2.48. The van der Waals surface area contributed by atoms with Crippen LogP contribution in [0, 0.1) is 13.8 Å². The quantitative estimate of drug-likeness (QED) is 0.763. The molecule has 6 heteroatoms. The largest absolute Gasteiger partial charge is 0.548 e. The molecule has 1 aromatic carbocycles. The summed E-state index contributed by atoms with van der Waals surface area (Å²) in [5, 5.41) is 13.3. The lowest BCUT2D eigenvalue weighted by Crippen LogP contribution is -2.49. The lowest BCUT2D eigenvalue weighted by molar-refractivity contribution is -0.308. The van der Waals surface area contributed by atoms with Crippen LogP contribution in [0.25, 0.3) is 0 Å². The molecule has 0 radical (unpaired) electrons. The Morgan fingerprint density at radius 1 is 1.33 bits per heavy atom. The van der Waals surface area contributed by atoms with Crippen molar-refractivity contribution in [2.24, 2.45) is 0 Å². The molecule has 0 aliphatic rings. The van der Waals surface area contributed by atoms with Gasteiger partial charge in [0.15, 0.2) is 6.61 Å². The number of aliphatic carboxylic acids is 1. The Bertz CT molecular complexity index is 504. The lowest BCUT2D eigenvalue weighted by atomic mass is 10.1. The van der Waals surface area contributed by atoms with E-state index in [-0.39, 0.29) is 6.61 Å². The molecule has 1 atom stereocenters. The summed E-state index contributed by atoms with van der Waals surface area (Å²) in [7, 11) is 0. The van der Waals surface area contributed by atoms with Crippen molar-refractivity contribution in [3.63, 3.8) is 0 Å². The van der Waals surface area contributed by atoms with Crippen LogP contribution >= 0.6 is 11.8 Å². The molecule has 0 saturated carbocycles. The molecular weight excluding hydrogens is 290 g/mol. The fourth-order valence-electron chi connectivity index (χ4n) is 1.67. The summed E-state index contributed by atoms with van der Waals surface area (Å²) in [4.78, 5) is 22.6. The predicted octanol–water partition coefficient (Wildman–Crippen LogP) is 0.670. The number of hydrogen-bond donors (Lipinski definition) is 1. The number of thioether (sulfide) groups is 1. The van der Waals surface area contributed by atoms with Crippen LogP contribution in [0.1, 0.15) is 17.5 Å². The topological polar surface area (TPSA) is 78.5 Å². The second-order valence-corrected chi connectivity index (χ2v) is 5.74. The highest BCUT2D eigenvalue weighted by Crippen LogP contribution is 2.16. The van der Waals surface area contributed by atoms with Gasteiger partial charge >= 0.3 is 0 Å². The summed E-state index contributed by atoms with van der Waals surface area (Å²) in [5.74, 6) is -0.522. The monoisotopic (exact) mass is 310 g/mol. The Kier molecular flexibility index (Phi) is 7.08. The first kappa shape index (κ1) is 17.4. The van der Waals surface area contributed by atoms with E-state index in [4.69, 9.17) is 4.74 Å². The highest BCUT2D eigenvalue weighted by molar-refractivity contribution is 7.98. The number of nitrogens with one attached hydrogen (secondary N) is 1. The van der Waals surface area contributed by atoms with Gasteiger partial charge in [-0.15, -0.1) is 0 Å². The molecule has 0 unspecified atom stereocenters. The third-order valence-corrected chi connectivity index (χ3v) is 3.72. The fourth-order valence-corrected chi connectivity index (χ4v) is 2.14. The van der Waals surface area contributed by atoms with Crippen LogP contribution in [0.3, 0.4) is 0 Å². The van der Waals surface area contributed by atoms with E-state index in [0.29, 0.717) is 17.9 Å². The first-order valence-electron chi connectivity index (χ1n) is 6.63. The normalized spacial score (nSPS) is 11.8. The van der Waals surface area contributed by atoms with Gasteiger partial charge in [-0.25, -0.2) is 0 Å². The van der Waals surface area contributed by atoms with Crippen LogP contribution in [0.4, 0.5) is 0 Å². The van der Waals surface area contributed by atoms with Crippen molar-refractivity contribution in [3.05, 3.63) is 29.3 Å². The number of benzene rings is 1. The van der Waals surface area contributed by atoms with Gasteiger partial charge in [-0.3, -0.25) is 4.79 Å². The number of carboxylic acids is 1. The summed E-state index contributed by atoms with van der Waals surface area (Å²) in [6, 6.07) is 4.55. The average Bonchev–Trinajstić information content (AvgIpc) is 2.44. The molecule has 1 amide bonds. The van der Waals surface area contributed by atoms with Crippen molar-refractivity contribution in [1.82, 2.24) is 5.32 Å². The standard InChI is InChI=1S/C15H21NO4S/c1-10-4-5-12(8-11(10)2)20-9-14(17)16-13(15(18)19)6-7-21-3/h4-5,8,13H,6-7,9H2,1-3H3,(H,16,17)(H,18,19)/p-1/t13-/m1/s1. The summed E-state index contributed by atoms with van der Waals surface area (Å²) in [6.45, 7) is 3.73. The lowest BCUT2D eigenvalue weighted by Gasteiger charge is -2.19. The van der Waals surface area contributed by atoms with Crippen LogP contribution in [-0.4, -0.2) is 36.5 Å². The number of rotatable bonds is 8. The van der Waals surface area contributed by atoms with E-state index in [1.54, 1.807) is 6.07 Å². The molecule has 0 heterocycles. The van der Waals surface area contributed by atoms with Crippen LogP contribution in [0.15, 0.2) is 18.2 Å². The average molecular weight is 310 g/mol. The number of amides is 1. The molecule has 0 bridgehead atoms. The van der Waals surface area contributed by atoms with Gasteiger partial charge in [0.2, 0.25) is 0 Å².